The smallest absolute Gasteiger partial charge is 0.235 e. The number of hydrogen-bond acceptors (Lipinski definition) is 4. The van der Waals surface area contributed by atoms with Gasteiger partial charge in [0.1, 0.15) is 0 Å². The highest BCUT2D eigenvalue weighted by molar-refractivity contribution is 7.93. The summed E-state index contributed by atoms with van der Waals surface area (Å²) in [6.45, 7) is 1.75. The number of nitrogens with one attached hydrogen (secondary N) is 2. The topological polar surface area (TPSA) is 67.4 Å². The molecule has 0 radical (unpaired) electrons. The first-order chi connectivity index (χ1) is 9.12. The zero-order valence-corrected chi connectivity index (χ0v) is 11.9. The largest absolute Gasteiger partial charge is 0.381 e. The minimum atomic E-state index is -3.32. The molecule has 106 valence electrons. The van der Waals surface area contributed by atoms with Crippen molar-refractivity contribution in [3.8, 4) is 0 Å². The molecule has 1 fully saturated rings. The van der Waals surface area contributed by atoms with Gasteiger partial charge >= 0.3 is 0 Å². The Hall–Kier alpha value is -1.11. The second-order valence-electron chi connectivity index (χ2n) is 4.69. The SMILES string of the molecule is CNCc1cccc(NS(=O)(=O)C2CCOCC2)c1. The van der Waals surface area contributed by atoms with Gasteiger partial charge in [0.25, 0.3) is 0 Å². The standard InChI is InChI=1S/C13H20N2O3S/c1-14-10-11-3-2-4-12(9-11)15-19(16,17)13-5-7-18-8-6-13/h2-4,9,13-15H,5-8,10H2,1H3. The molecule has 1 aromatic carbocycles. The van der Waals surface area contributed by atoms with E-state index in [9.17, 15) is 8.42 Å². The highest BCUT2D eigenvalue weighted by atomic mass is 32.2. The molecule has 0 unspecified atom stereocenters. The van der Waals surface area contributed by atoms with Crippen LogP contribution in [0.4, 0.5) is 5.69 Å². The van der Waals surface area contributed by atoms with Crippen LogP contribution in [0.15, 0.2) is 24.3 Å². The van der Waals surface area contributed by atoms with Gasteiger partial charge in [-0.05, 0) is 37.6 Å². The average molecular weight is 284 g/mol. The molecular weight excluding hydrogens is 264 g/mol. The predicted molar refractivity (Wildman–Crippen MR) is 75.6 cm³/mol. The van der Waals surface area contributed by atoms with Crippen LogP contribution >= 0.6 is 0 Å². The Morgan fingerprint density at radius 2 is 2.05 bits per heavy atom. The van der Waals surface area contributed by atoms with Gasteiger partial charge in [-0.25, -0.2) is 8.42 Å². The lowest BCUT2D eigenvalue weighted by atomic mass is 10.2. The van der Waals surface area contributed by atoms with Gasteiger partial charge in [-0.1, -0.05) is 12.1 Å². The van der Waals surface area contributed by atoms with Crippen molar-refractivity contribution in [2.45, 2.75) is 24.6 Å². The Morgan fingerprint density at radius 3 is 2.74 bits per heavy atom. The Labute approximate surface area is 114 Å². The predicted octanol–water partition coefficient (Wildman–Crippen LogP) is 1.33. The molecule has 2 rings (SSSR count). The van der Waals surface area contributed by atoms with Crippen molar-refractivity contribution in [1.82, 2.24) is 5.32 Å². The molecule has 2 N–H and O–H groups in total. The summed E-state index contributed by atoms with van der Waals surface area (Å²) in [5.74, 6) is 0. The first-order valence-corrected chi connectivity index (χ1v) is 7.99. The van der Waals surface area contributed by atoms with Crippen LogP contribution in [-0.4, -0.2) is 33.9 Å². The Morgan fingerprint density at radius 1 is 1.32 bits per heavy atom. The van der Waals surface area contributed by atoms with Crippen molar-refractivity contribution < 1.29 is 13.2 Å². The summed E-state index contributed by atoms with van der Waals surface area (Å²) in [6, 6.07) is 7.45. The highest BCUT2D eigenvalue weighted by Gasteiger charge is 2.27. The fraction of sp³-hybridized carbons (Fsp3) is 0.538. The quantitative estimate of drug-likeness (QED) is 0.856. The normalized spacial score (nSPS) is 17.3. The number of anilines is 1. The molecule has 0 spiro atoms. The minimum Gasteiger partial charge on any atom is -0.381 e. The third-order valence-electron chi connectivity index (χ3n) is 3.18. The van der Waals surface area contributed by atoms with Crippen molar-refractivity contribution in [2.24, 2.45) is 0 Å². The van der Waals surface area contributed by atoms with Crippen LogP contribution in [-0.2, 0) is 21.3 Å². The summed E-state index contributed by atoms with van der Waals surface area (Å²) in [5.41, 5.74) is 1.67. The van der Waals surface area contributed by atoms with Crippen molar-refractivity contribution in [3.63, 3.8) is 0 Å². The second kappa shape index (κ2) is 6.36. The molecular formula is C13H20N2O3S. The molecule has 5 nitrogen and oxygen atoms in total. The maximum absolute atomic E-state index is 12.2. The fourth-order valence-corrected chi connectivity index (χ4v) is 3.62. The van der Waals surface area contributed by atoms with Crippen molar-refractivity contribution >= 4 is 15.7 Å². The van der Waals surface area contributed by atoms with Crippen molar-refractivity contribution in [1.29, 1.82) is 0 Å². The van der Waals surface area contributed by atoms with Gasteiger partial charge in [0, 0.05) is 25.4 Å². The zero-order chi connectivity index (χ0) is 13.7. The Balaban J connectivity index is 2.08. The van der Waals surface area contributed by atoms with Gasteiger partial charge in [0.2, 0.25) is 10.0 Å². The van der Waals surface area contributed by atoms with Crippen molar-refractivity contribution in [3.05, 3.63) is 29.8 Å². The van der Waals surface area contributed by atoms with E-state index in [1.54, 1.807) is 6.07 Å². The van der Waals surface area contributed by atoms with Gasteiger partial charge < -0.3 is 10.1 Å². The molecule has 0 atom stereocenters. The average Bonchev–Trinajstić information content (AvgIpc) is 2.40. The first kappa shape index (κ1) is 14.3. The summed E-state index contributed by atoms with van der Waals surface area (Å²) >= 11 is 0. The second-order valence-corrected chi connectivity index (χ2v) is 6.65. The van der Waals surface area contributed by atoms with E-state index in [1.807, 2.05) is 25.2 Å². The molecule has 1 aliphatic heterocycles. The van der Waals surface area contributed by atoms with Crippen LogP contribution in [0, 0.1) is 0 Å². The van der Waals surface area contributed by atoms with Gasteiger partial charge in [0.15, 0.2) is 0 Å². The Bertz CT molecular complexity index is 510. The molecule has 0 bridgehead atoms. The molecule has 0 amide bonds. The minimum absolute atomic E-state index is 0.353. The monoisotopic (exact) mass is 284 g/mol. The number of sulfonamides is 1. The highest BCUT2D eigenvalue weighted by Crippen LogP contribution is 2.20. The molecule has 19 heavy (non-hydrogen) atoms. The van der Waals surface area contributed by atoms with Crippen LogP contribution < -0.4 is 10.0 Å². The van der Waals surface area contributed by atoms with E-state index in [0.29, 0.717) is 38.3 Å². The van der Waals surface area contributed by atoms with Gasteiger partial charge in [-0.2, -0.15) is 0 Å². The fourth-order valence-electron chi connectivity index (χ4n) is 2.18. The molecule has 6 heteroatoms. The van der Waals surface area contributed by atoms with Crippen molar-refractivity contribution in [2.75, 3.05) is 25.0 Å². The van der Waals surface area contributed by atoms with E-state index in [0.717, 1.165) is 5.56 Å². The van der Waals surface area contributed by atoms with E-state index >= 15 is 0 Å². The maximum atomic E-state index is 12.2. The number of rotatable bonds is 5. The number of ether oxygens (including phenoxy) is 1. The van der Waals surface area contributed by atoms with Crippen LogP contribution in [0.5, 0.6) is 0 Å². The summed E-state index contributed by atoms with van der Waals surface area (Å²) in [4.78, 5) is 0. The third kappa shape index (κ3) is 3.92. The summed E-state index contributed by atoms with van der Waals surface area (Å²) in [5, 5.41) is 2.69. The molecule has 0 saturated carbocycles. The van der Waals surface area contributed by atoms with Crippen LogP contribution in [0.2, 0.25) is 0 Å². The Kier molecular flexibility index (Phi) is 4.79. The molecule has 1 heterocycles. The van der Waals surface area contributed by atoms with Gasteiger partial charge in [-0.15, -0.1) is 0 Å². The van der Waals surface area contributed by atoms with Crippen LogP contribution in [0.1, 0.15) is 18.4 Å². The van der Waals surface area contributed by atoms with E-state index in [-0.39, 0.29) is 5.25 Å². The van der Waals surface area contributed by atoms with E-state index in [2.05, 4.69) is 10.0 Å². The van der Waals surface area contributed by atoms with E-state index in [4.69, 9.17) is 4.74 Å². The molecule has 0 aromatic heterocycles. The lowest BCUT2D eigenvalue weighted by Gasteiger charge is -2.22. The molecule has 1 aromatic rings. The van der Waals surface area contributed by atoms with E-state index in [1.165, 1.54) is 0 Å². The van der Waals surface area contributed by atoms with Gasteiger partial charge in [0.05, 0.1) is 5.25 Å². The van der Waals surface area contributed by atoms with E-state index < -0.39 is 10.0 Å². The molecule has 0 aliphatic carbocycles. The molecule has 1 saturated heterocycles. The zero-order valence-electron chi connectivity index (χ0n) is 11.1. The van der Waals surface area contributed by atoms with Gasteiger partial charge in [-0.3, -0.25) is 4.72 Å². The third-order valence-corrected chi connectivity index (χ3v) is 5.04. The summed E-state index contributed by atoms with van der Waals surface area (Å²) in [7, 11) is -1.46. The van der Waals surface area contributed by atoms with Crippen LogP contribution in [0.25, 0.3) is 0 Å². The molecule has 1 aliphatic rings. The lowest BCUT2D eigenvalue weighted by molar-refractivity contribution is 0.0984. The number of hydrogen-bond donors (Lipinski definition) is 2. The number of benzene rings is 1. The summed E-state index contributed by atoms with van der Waals surface area (Å²) in [6.07, 6.45) is 1.12. The lowest BCUT2D eigenvalue weighted by Crippen LogP contribution is -2.33. The summed E-state index contributed by atoms with van der Waals surface area (Å²) < 4.78 is 32.4. The first-order valence-electron chi connectivity index (χ1n) is 6.45. The maximum Gasteiger partial charge on any atom is 0.235 e. The van der Waals surface area contributed by atoms with Crippen LogP contribution in [0.3, 0.4) is 0 Å².